The molecule has 1 rings (SSSR count). The smallest absolute Gasteiger partial charge is 0.383 e. The van der Waals surface area contributed by atoms with E-state index in [0.717, 1.165) is 0 Å². The molecule has 3 N–H and O–H groups in total. The zero-order valence-electron chi connectivity index (χ0n) is 10.7. The van der Waals surface area contributed by atoms with Gasteiger partial charge in [0.1, 0.15) is 6.04 Å². The van der Waals surface area contributed by atoms with Crippen molar-refractivity contribution >= 4 is 24.0 Å². The van der Waals surface area contributed by atoms with Crippen LogP contribution in [0.4, 0.5) is 18.9 Å². The number of anilines is 1. The zero-order chi connectivity index (χ0) is 14.5. The quantitative estimate of drug-likeness (QED) is 0.875. The second-order valence-corrected chi connectivity index (χ2v) is 4.04. The van der Waals surface area contributed by atoms with Gasteiger partial charge in [-0.25, -0.2) is 0 Å². The minimum absolute atomic E-state index is 0. The molecule has 0 saturated heterocycles. The van der Waals surface area contributed by atoms with Crippen LogP contribution in [0.5, 0.6) is 0 Å². The fourth-order valence-electron chi connectivity index (χ4n) is 1.48. The van der Waals surface area contributed by atoms with Crippen molar-refractivity contribution in [2.45, 2.75) is 18.6 Å². The molecule has 1 aromatic rings. The number of alkyl halides is 3. The van der Waals surface area contributed by atoms with E-state index in [1.807, 2.05) is 0 Å². The van der Waals surface area contributed by atoms with Crippen LogP contribution in [0.1, 0.15) is 5.56 Å². The summed E-state index contributed by atoms with van der Waals surface area (Å²) in [7, 11) is 1.40. The molecule has 0 radical (unpaired) electrons. The Morgan fingerprint density at radius 1 is 1.45 bits per heavy atom. The van der Waals surface area contributed by atoms with Crippen molar-refractivity contribution in [2.24, 2.45) is 5.73 Å². The normalized spacial score (nSPS) is 12.4. The van der Waals surface area contributed by atoms with E-state index in [-0.39, 0.29) is 30.3 Å². The summed E-state index contributed by atoms with van der Waals surface area (Å²) in [6.45, 7) is 0.0358. The molecule has 1 unspecified atom stereocenters. The maximum atomic E-state index is 12.2. The number of nitrogens with two attached hydrogens (primary N) is 1. The van der Waals surface area contributed by atoms with Gasteiger partial charge in [-0.2, -0.15) is 13.2 Å². The summed E-state index contributed by atoms with van der Waals surface area (Å²) in [5.74, 6) is -0.508. The number of ether oxygens (including phenoxy) is 1. The Labute approximate surface area is 120 Å². The molecule has 4 nitrogen and oxygen atoms in total. The highest BCUT2D eigenvalue weighted by molar-refractivity contribution is 5.94. The highest BCUT2D eigenvalue weighted by Gasteiger charge is 2.27. The number of carbonyl (C=O) groups is 1. The van der Waals surface area contributed by atoms with Gasteiger partial charge in [0.05, 0.1) is 13.0 Å². The van der Waals surface area contributed by atoms with Crippen LogP contribution in [0.3, 0.4) is 0 Å². The van der Waals surface area contributed by atoms with Gasteiger partial charge in [0.25, 0.3) is 0 Å². The number of benzene rings is 1. The topological polar surface area (TPSA) is 64.3 Å². The van der Waals surface area contributed by atoms with Gasteiger partial charge in [0, 0.05) is 12.8 Å². The first-order valence-corrected chi connectivity index (χ1v) is 5.53. The molecule has 8 heteroatoms. The van der Waals surface area contributed by atoms with Crippen molar-refractivity contribution in [1.29, 1.82) is 0 Å². The molecule has 20 heavy (non-hydrogen) atoms. The summed E-state index contributed by atoms with van der Waals surface area (Å²) < 4.78 is 41.4. The highest BCUT2D eigenvalue weighted by atomic mass is 35.5. The van der Waals surface area contributed by atoms with Gasteiger partial charge < -0.3 is 15.8 Å². The number of halogens is 4. The van der Waals surface area contributed by atoms with E-state index in [2.05, 4.69) is 5.32 Å². The van der Waals surface area contributed by atoms with E-state index in [1.165, 1.54) is 31.4 Å². The number of amides is 1. The molecule has 0 aliphatic heterocycles. The summed E-state index contributed by atoms with van der Waals surface area (Å²) in [6.07, 6.45) is -5.32. The summed E-state index contributed by atoms with van der Waals surface area (Å²) in [5.41, 5.74) is 5.85. The van der Waals surface area contributed by atoms with Crippen molar-refractivity contribution in [3.63, 3.8) is 0 Å². The molecule has 0 saturated carbocycles. The van der Waals surface area contributed by atoms with Crippen molar-refractivity contribution < 1.29 is 22.7 Å². The number of methoxy groups -OCH3 is 1. The minimum atomic E-state index is -4.28. The lowest BCUT2D eigenvalue weighted by atomic mass is 10.1. The standard InChI is InChI=1S/C12H15F3N2O2.ClH/c1-19-7-10(16)11(18)17-9-4-2-3-8(5-9)6-12(13,14)15;/h2-5,10H,6-7,16H2,1H3,(H,17,18);1H. The summed E-state index contributed by atoms with van der Waals surface area (Å²) in [4.78, 5) is 11.6. The minimum Gasteiger partial charge on any atom is -0.383 e. The van der Waals surface area contributed by atoms with Crippen molar-refractivity contribution in [3.05, 3.63) is 29.8 Å². The average Bonchev–Trinajstić information content (AvgIpc) is 2.27. The molecule has 0 bridgehead atoms. The van der Waals surface area contributed by atoms with Crippen LogP contribution in [0, 0.1) is 0 Å². The first-order valence-electron chi connectivity index (χ1n) is 5.53. The van der Waals surface area contributed by atoms with Crippen LogP contribution >= 0.6 is 12.4 Å². The van der Waals surface area contributed by atoms with Crippen molar-refractivity contribution in [2.75, 3.05) is 19.0 Å². The molecule has 0 heterocycles. The van der Waals surface area contributed by atoms with Crippen LogP contribution in [0.25, 0.3) is 0 Å². The monoisotopic (exact) mass is 312 g/mol. The Morgan fingerprint density at radius 3 is 2.65 bits per heavy atom. The molecule has 1 aromatic carbocycles. The SMILES string of the molecule is COCC(N)C(=O)Nc1cccc(CC(F)(F)F)c1.Cl. The van der Waals surface area contributed by atoms with Gasteiger partial charge in [-0.1, -0.05) is 12.1 Å². The Balaban J connectivity index is 0.00000361. The van der Waals surface area contributed by atoms with Crippen molar-refractivity contribution in [1.82, 2.24) is 0 Å². The third kappa shape index (κ3) is 6.74. The fraction of sp³-hybridized carbons (Fsp3) is 0.417. The predicted molar refractivity (Wildman–Crippen MR) is 71.9 cm³/mol. The van der Waals surface area contributed by atoms with Crippen LogP contribution < -0.4 is 11.1 Å². The first kappa shape index (κ1) is 18.7. The van der Waals surface area contributed by atoms with Crippen LogP contribution in [0.15, 0.2) is 24.3 Å². The number of hydrogen-bond donors (Lipinski definition) is 2. The summed E-state index contributed by atoms with van der Waals surface area (Å²) >= 11 is 0. The molecule has 0 fully saturated rings. The molecule has 0 aromatic heterocycles. The van der Waals surface area contributed by atoms with Crippen molar-refractivity contribution in [3.8, 4) is 0 Å². The van der Waals surface area contributed by atoms with Crippen LogP contribution in [-0.2, 0) is 16.0 Å². The maximum absolute atomic E-state index is 12.2. The van der Waals surface area contributed by atoms with Gasteiger partial charge in [-0.15, -0.1) is 12.4 Å². The molecule has 0 spiro atoms. The second kappa shape index (κ2) is 8.08. The number of carbonyl (C=O) groups excluding carboxylic acids is 1. The number of nitrogens with one attached hydrogen (secondary N) is 1. The third-order valence-corrected chi connectivity index (χ3v) is 2.28. The van der Waals surface area contributed by atoms with E-state index >= 15 is 0 Å². The molecule has 1 amide bonds. The molecule has 1 atom stereocenters. The van der Waals surface area contributed by atoms with E-state index in [4.69, 9.17) is 10.5 Å². The Morgan fingerprint density at radius 2 is 2.10 bits per heavy atom. The van der Waals surface area contributed by atoms with Crippen LogP contribution in [-0.4, -0.2) is 31.8 Å². The molecular weight excluding hydrogens is 297 g/mol. The number of hydrogen-bond acceptors (Lipinski definition) is 3. The van der Waals surface area contributed by atoms with Gasteiger partial charge in [0.2, 0.25) is 5.91 Å². The van der Waals surface area contributed by atoms with E-state index in [0.29, 0.717) is 0 Å². The van der Waals surface area contributed by atoms with Gasteiger partial charge >= 0.3 is 6.18 Å². The molecule has 0 aliphatic carbocycles. The fourth-order valence-corrected chi connectivity index (χ4v) is 1.48. The van der Waals surface area contributed by atoms with Gasteiger partial charge in [0.15, 0.2) is 0 Å². The number of rotatable bonds is 5. The lowest BCUT2D eigenvalue weighted by Crippen LogP contribution is -2.39. The first-order chi connectivity index (χ1) is 8.81. The van der Waals surface area contributed by atoms with Gasteiger partial charge in [-0.05, 0) is 17.7 Å². The average molecular weight is 313 g/mol. The van der Waals surface area contributed by atoms with Gasteiger partial charge in [-0.3, -0.25) is 4.79 Å². The lowest BCUT2D eigenvalue weighted by molar-refractivity contribution is -0.127. The van der Waals surface area contributed by atoms with E-state index in [9.17, 15) is 18.0 Å². The Bertz CT molecular complexity index is 441. The summed E-state index contributed by atoms with van der Waals surface area (Å²) in [6, 6.07) is 4.69. The Kier molecular flexibility index (Phi) is 7.55. The van der Waals surface area contributed by atoms with E-state index in [1.54, 1.807) is 0 Å². The van der Waals surface area contributed by atoms with E-state index < -0.39 is 24.5 Å². The molecule has 114 valence electrons. The maximum Gasteiger partial charge on any atom is 0.393 e. The second-order valence-electron chi connectivity index (χ2n) is 4.04. The highest BCUT2D eigenvalue weighted by Crippen LogP contribution is 2.22. The zero-order valence-corrected chi connectivity index (χ0v) is 11.6. The molecular formula is C12H16ClF3N2O2. The summed E-state index contributed by atoms with van der Waals surface area (Å²) in [5, 5.41) is 2.44. The third-order valence-electron chi connectivity index (χ3n) is 2.28. The van der Waals surface area contributed by atoms with Crippen LogP contribution in [0.2, 0.25) is 0 Å². The predicted octanol–water partition coefficient (Wildman–Crippen LogP) is 2.13. The molecule has 0 aliphatic rings. The Hall–Kier alpha value is -1.31. The largest absolute Gasteiger partial charge is 0.393 e. The lowest BCUT2D eigenvalue weighted by Gasteiger charge is -2.12.